The van der Waals surface area contributed by atoms with Gasteiger partial charge in [0.05, 0.1) is 5.69 Å². The molecule has 1 aliphatic rings. The zero-order chi connectivity index (χ0) is 13.8. The van der Waals surface area contributed by atoms with Crippen LogP contribution in [0, 0.1) is 0 Å². The first kappa shape index (κ1) is 14.3. The topological polar surface area (TPSA) is 58.4 Å². The molecular formula is C14H20BrN3O. The molecule has 0 spiro atoms. The number of nitrogens with zero attached hydrogens (tertiary/aromatic N) is 1. The van der Waals surface area contributed by atoms with Crippen molar-refractivity contribution in [2.45, 2.75) is 32.4 Å². The summed E-state index contributed by atoms with van der Waals surface area (Å²) in [5.74, 6) is 0.0620. The van der Waals surface area contributed by atoms with Crippen LogP contribution in [0.4, 0.5) is 5.69 Å². The van der Waals surface area contributed by atoms with Crippen molar-refractivity contribution in [3.8, 4) is 0 Å². The molecule has 5 heteroatoms. The van der Waals surface area contributed by atoms with Crippen molar-refractivity contribution in [3.05, 3.63) is 28.2 Å². The highest BCUT2D eigenvalue weighted by molar-refractivity contribution is 9.10. The molecule has 1 amide bonds. The fourth-order valence-corrected chi connectivity index (χ4v) is 3.16. The number of hydrogen-bond donors (Lipinski definition) is 2. The summed E-state index contributed by atoms with van der Waals surface area (Å²) in [7, 11) is 0. The number of rotatable bonds is 3. The number of carbonyl (C=O) groups excluding carboxylic acids is 1. The minimum absolute atomic E-state index is 0.0620. The monoisotopic (exact) mass is 325 g/mol. The van der Waals surface area contributed by atoms with Crippen LogP contribution in [-0.2, 0) is 11.3 Å². The molecule has 0 saturated carbocycles. The fraction of sp³-hybridized carbons (Fsp3) is 0.500. The van der Waals surface area contributed by atoms with Crippen LogP contribution >= 0.6 is 15.9 Å². The molecule has 104 valence electrons. The van der Waals surface area contributed by atoms with Crippen molar-refractivity contribution < 1.29 is 4.79 Å². The van der Waals surface area contributed by atoms with E-state index in [1.54, 1.807) is 6.92 Å². The Bertz CT molecular complexity index is 456. The van der Waals surface area contributed by atoms with Gasteiger partial charge in [0.25, 0.3) is 0 Å². The molecule has 0 bridgehead atoms. The van der Waals surface area contributed by atoms with Gasteiger partial charge in [-0.2, -0.15) is 0 Å². The smallest absolute Gasteiger partial charge is 0.217 e. The van der Waals surface area contributed by atoms with Gasteiger partial charge in [0.2, 0.25) is 5.91 Å². The van der Waals surface area contributed by atoms with Gasteiger partial charge in [0.1, 0.15) is 0 Å². The highest BCUT2D eigenvalue weighted by atomic mass is 79.9. The molecule has 2 rings (SSSR count). The van der Waals surface area contributed by atoms with Crippen molar-refractivity contribution >= 4 is 27.5 Å². The Morgan fingerprint density at radius 1 is 1.47 bits per heavy atom. The maximum absolute atomic E-state index is 11.0. The number of halogens is 1. The molecule has 0 aliphatic carbocycles. The van der Waals surface area contributed by atoms with E-state index in [2.05, 4.69) is 44.3 Å². The second-order valence-corrected chi connectivity index (χ2v) is 5.81. The van der Waals surface area contributed by atoms with Crippen molar-refractivity contribution in [2.75, 3.05) is 18.0 Å². The molecule has 19 heavy (non-hydrogen) atoms. The molecule has 4 nitrogen and oxygen atoms in total. The molecule has 3 N–H and O–H groups in total. The highest BCUT2D eigenvalue weighted by Crippen LogP contribution is 2.29. The van der Waals surface area contributed by atoms with Crippen molar-refractivity contribution in [3.63, 3.8) is 0 Å². The van der Waals surface area contributed by atoms with Crippen LogP contribution in [0.2, 0.25) is 0 Å². The van der Waals surface area contributed by atoms with Gasteiger partial charge in [-0.25, -0.2) is 0 Å². The maximum Gasteiger partial charge on any atom is 0.217 e. The SMILES string of the molecule is CC(=O)NC1CCN(c2ccc(CN)cc2Br)CC1. The van der Waals surface area contributed by atoms with E-state index in [0.29, 0.717) is 12.6 Å². The predicted molar refractivity (Wildman–Crippen MR) is 81.1 cm³/mol. The Labute approximate surface area is 122 Å². The third-order valence-corrected chi connectivity index (χ3v) is 4.13. The third kappa shape index (κ3) is 3.70. The molecule has 0 atom stereocenters. The second-order valence-electron chi connectivity index (χ2n) is 4.95. The van der Waals surface area contributed by atoms with Gasteiger partial charge in [-0.05, 0) is 46.5 Å². The van der Waals surface area contributed by atoms with E-state index >= 15 is 0 Å². The van der Waals surface area contributed by atoms with E-state index in [-0.39, 0.29) is 5.91 Å². The fourth-order valence-electron chi connectivity index (χ4n) is 2.49. The summed E-state index contributed by atoms with van der Waals surface area (Å²) in [6, 6.07) is 6.58. The third-order valence-electron chi connectivity index (χ3n) is 3.49. The van der Waals surface area contributed by atoms with Crippen molar-refractivity contribution in [2.24, 2.45) is 5.73 Å². The summed E-state index contributed by atoms with van der Waals surface area (Å²) in [5.41, 5.74) is 7.97. The minimum Gasteiger partial charge on any atom is -0.370 e. The molecule has 1 aromatic rings. The van der Waals surface area contributed by atoms with Gasteiger partial charge >= 0.3 is 0 Å². The number of hydrogen-bond acceptors (Lipinski definition) is 3. The normalized spacial score (nSPS) is 16.5. The summed E-state index contributed by atoms with van der Waals surface area (Å²) in [5, 5.41) is 2.99. The standard InChI is InChI=1S/C14H20BrN3O/c1-10(19)17-12-4-6-18(7-5-12)14-3-2-11(9-16)8-13(14)15/h2-3,8,12H,4-7,9,16H2,1H3,(H,17,19). The molecular weight excluding hydrogens is 306 g/mol. The van der Waals surface area contributed by atoms with Gasteiger partial charge in [-0.15, -0.1) is 0 Å². The molecule has 1 heterocycles. The van der Waals surface area contributed by atoms with E-state index < -0.39 is 0 Å². The summed E-state index contributed by atoms with van der Waals surface area (Å²) in [6.07, 6.45) is 1.98. The Balaban J connectivity index is 1.99. The molecule has 0 aromatic heterocycles. The van der Waals surface area contributed by atoms with Crippen molar-refractivity contribution in [1.29, 1.82) is 0 Å². The Morgan fingerprint density at radius 3 is 2.68 bits per heavy atom. The van der Waals surface area contributed by atoms with Gasteiger partial charge in [-0.3, -0.25) is 4.79 Å². The summed E-state index contributed by atoms with van der Waals surface area (Å²) in [6.45, 7) is 4.06. The molecule has 1 fully saturated rings. The summed E-state index contributed by atoms with van der Waals surface area (Å²) in [4.78, 5) is 13.4. The van der Waals surface area contributed by atoms with Gasteiger partial charge in [-0.1, -0.05) is 6.07 Å². The molecule has 1 saturated heterocycles. The van der Waals surface area contributed by atoms with Crippen LogP contribution < -0.4 is 16.0 Å². The van der Waals surface area contributed by atoms with E-state index in [4.69, 9.17) is 5.73 Å². The molecule has 1 aliphatic heterocycles. The van der Waals surface area contributed by atoms with Crippen LogP contribution in [0.1, 0.15) is 25.3 Å². The predicted octanol–water partition coefficient (Wildman–Crippen LogP) is 2.01. The highest BCUT2D eigenvalue weighted by Gasteiger charge is 2.21. The molecule has 0 unspecified atom stereocenters. The average molecular weight is 326 g/mol. The molecule has 1 aromatic carbocycles. The number of nitrogens with two attached hydrogens (primary N) is 1. The van der Waals surface area contributed by atoms with Gasteiger partial charge in [0.15, 0.2) is 0 Å². The lowest BCUT2D eigenvalue weighted by molar-refractivity contribution is -0.119. The largest absolute Gasteiger partial charge is 0.370 e. The first-order chi connectivity index (χ1) is 9.10. The molecule has 0 radical (unpaired) electrons. The van der Waals surface area contributed by atoms with E-state index in [1.165, 1.54) is 5.69 Å². The Kier molecular flexibility index (Phi) is 4.82. The lowest BCUT2D eigenvalue weighted by atomic mass is 10.0. The van der Waals surface area contributed by atoms with Crippen LogP contribution in [0.15, 0.2) is 22.7 Å². The maximum atomic E-state index is 11.0. The second kappa shape index (κ2) is 6.39. The first-order valence-electron chi connectivity index (χ1n) is 6.60. The number of piperidine rings is 1. The minimum atomic E-state index is 0.0620. The number of benzene rings is 1. The number of carbonyl (C=O) groups is 1. The van der Waals surface area contributed by atoms with Gasteiger partial charge in [0, 0.05) is 37.1 Å². The van der Waals surface area contributed by atoms with E-state index in [1.807, 2.05) is 0 Å². The van der Waals surface area contributed by atoms with Gasteiger partial charge < -0.3 is 16.0 Å². The summed E-state index contributed by atoms with van der Waals surface area (Å²) >= 11 is 3.61. The van der Waals surface area contributed by atoms with E-state index in [0.717, 1.165) is 36.0 Å². The average Bonchev–Trinajstić information content (AvgIpc) is 2.39. The van der Waals surface area contributed by atoms with Crippen LogP contribution in [0.25, 0.3) is 0 Å². The Hall–Kier alpha value is -1.07. The lowest BCUT2D eigenvalue weighted by Gasteiger charge is -2.34. The quantitative estimate of drug-likeness (QED) is 0.893. The van der Waals surface area contributed by atoms with E-state index in [9.17, 15) is 4.79 Å². The number of amides is 1. The Morgan fingerprint density at radius 2 is 2.16 bits per heavy atom. The number of nitrogens with one attached hydrogen (secondary N) is 1. The number of anilines is 1. The lowest BCUT2D eigenvalue weighted by Crippen LogP contribution is -2.44. The van der Waals surface area contributed by atoms with Crippen LogP contribution in [-0.4, -0.2) is 25.0 Å². The zero-order valence-electron chi connectivity index (χ0n) is 11.2. The van der Waals surface area contributed by atoms with Crippen LogP contribution in [0.3, 0.4) is 0 Å². The first-order valence-corrected chi connectivity index (χ1v) is 7.40. The zero-order valence-corrected chi connectivity index (χ0v) is 12.7. The van der Waals surface area contributed by atoms with Crippen molar-refractivity contribution in [1.82, 2.24) is 5.32 Å². The van der Waals surface area contributed by atoms with Crippen LogP contribution in [0.5, 0.6) is 0 Å². The summed E-state index contributed by atoms with van der Waals surface area (Å²) < 4.78 is 1.09.